The summed E-state index contributed by atoms with van der Waals surface area (Å²) in [5.41, 5.74) is 1.94. The van der Waals surface area contributed by atoms with E-state index >= 15 is 0 Å². The molecule has 4 rings (SSSR count). The van der Waals surface area contributed by atoms with Crippen molar-refractivity contribution in [2.75, 3.05) is 57.9 Å². The van der Waals surface area contributed by atoms with E-state index in [9.17, 15) is 5.11 Å². The van der Waals surface area contributed by atoms with E-state index in [0.29, 0.717) is 13.1 Å². The maximum atomic E-state index is 11.1. The third kappa shape index (κ3) is 5.54. The van der Waals surface area contributed by atoms with Gasteiger partial charge in [-0.1, -0.05) is 30.3 Å². The highest BCUT2D eigenvalue weighted by atomic mass is 16.5. The van der Waals surface area contributed by atoms with Crippen LogP contribution in [0.4, 0.5) is 5.82 Å². The zero-order valence-electron chi connectivity index (χ0n) is 17.3. The van der Waals surface area contributed by atoms with E-state index in [1.54, 1.807) is 0 Å². The molecule has 1 aromatic carbocycles. The van der Waals surface area contributed by atoms with Crippen molar-refractivity contribution in [3.63, 3.8) is 0 Å². The highest BCUT2D eigenvalue weighted by Crippen LogP contribution is 2.26. The van der Waals surface area contributed by atoms with Crippen LogP contribution < -0.4 is 4.90 Å². The molecule has 0 radical (unpaired) electrons. The number of nitrogens with zero attached hydrogens (tertiary/aromatic N) is 4. The van der Waals surface area contributed by atoms with Gasteiger partial charge in [-0.05, 0) is 36.7 Å². The zero-order valence-corrected chi connectivity index (χ0v) is 17.3. The van der Waals surface area contributed by atoms with E-state index in [0.717, 1.165) is 58.2 Å². The predicted molar refractivity (Wildman–Crippen MR) is 115 cm³/mol. The fourth-order valence-electron chi connectivity index (χ4n) is 4.44. The summed E-state index contributed by atoms with van der Waals surface area (Å²) in [5.74, 6) is 0.946. The lowest BCUT2D eigenvalue weighted by atomic mass is 10.0. The summed E-state index contributed by atoms with van der Waals surface area (Å²) in [6.07, 6.45) is 2.58. The normalized spacial score (nSPS) is 23.1. The van der Waals surface area contributed by atoms with Gasteiger partial charge in [0.25, 0.3) is 0 Å². The van der Waals surface area contributed by atoms with Crippen LogP contribution in [0.5, 0.6) is 0 Å². The van der Waals surface area contributed by atoms with Gasteiger partial charge in [0.15, 0.2) is 0 Å². The first-order chi connectivity index (χ1) is 14.1. The first-order valence-electron chi connectivity index (χ1n) is 10.5. The fourth-order valence-corrected chi connectivity index (χ4v) is 4.44. The number of anilines is 1. The fraction of sp³-hybridized carbons (Fsp3) is 0.522. The Labute approximate surface area is 173 Å². The van der Waals surface area contributed by atoms with Gasteiger partial charge in [-0.3, -0.25) is 9.80 Å². The molecule has 6 heteroatoms. The van der Waals surface area contributed by atoms with Crippen molar-refractivity contribution in [1.29, 1.82) is 0 Å². The number of rotatable bonds is 7. The predicted octanol–water partition coefficient (Wildman–Crippen LogP) is 1.99. The number of morpholine rings is 1. The Morgan fingerprint density at radius 1 is 1.10 bits per heavy atom. The van der Waals surface area contributed by atoms with Gasteiger partial charge in [-0.25, -0.2) is 4.98 Å². The molecule has 2 aliphatic heterocycles. The van der Waals surface area contributed by atoms with Crippen molar-refractivity contribution >= 4 is 5.82 Å². The second kappa shape index (κ2) is 9.22. The summed E-state index contributed by atoms with van der Waals surface area (Å²) >= 11 is 0. The van der Waals surface area contributed by atoms with Crippen molar-refractivity contribution < 1.29 is 9.84 Å². The number of aromatic nitrogens is 1. The molecule has 0 aliphatic carbocycles. The second-order valence-corrected chi connectivity index (χ2v) is 8.46. The van der Waals surface area contributed by atoms with E-state index in [2.05, 4.69) is 51.0 Å². The topological polar surface area (TPSA) is 52.1 Å². The molecule has 0 saturated carbocycles. The molecule has 0 unspecified atom stereocenters. The number of aliphatic hydroxyl groups is 1. The highest BCUT2D eigenvalue weighted by molar-refractivity contribution is 5.40. The minimum absolute atomic E-state index is 0.630. The van der Waals surface area contributed by atoms with Gasteiger partial charge in [0.2, 0.25) is 0 Å². The van der Waals surface area contributed by atoms with Crippen molar-refractivity contribution in [2.24, 2.45) is 0 Å². The smallest absolute Gasteiger partial charge is 0.128 e. The Morgan fingerprint density at radius 2 is 1.93 bits per heavy atom. The van der Waals surface area contributed by atoms with Crippen LogP contribution in [0.15, 0.2) is 48.7 Å². The molecule has 0 bridgehead atoms. The van der Waals surface area contributed by atoms with Crippen molar-refractivity contribution in [2.45, 2.75) is 25.1 Å². The molecular formula is C23H32N4O2. The van der Waals surface area contributed by atoms with Gasteiger partial charge in [0.05, 0.1) is 18.8 Å². The summed E-state index contributed by atoms with van der Waals surface area (Å²) in [4.78, 5) is 11.3. The molecule has 6 nitrogen and oxygen atoms in total. The number of benzene rings is 1. The molecule has 2 saturated heterocycles. The summed E-state index contributed by atoms with van der Waals surface area (Å²) in [5, 5.41) is 11.1. The molecule has 3 heterocycles. The first kappa shape index (κ1) is 20.3. The minimum atomic E-state index is -0.697. The monoisotopic (exact) mass is 396 g/mol. The molecule has 0 amide bonds. The Kier molecular flexibility index (Phi) is 6.45. The van der Waals surface area contributed by atoms with Crippen LogP contribution in [0.3, 0.4) is 0 Å². The average Bonchev–Trinajstić information content (AvgIpc) is 3.11. The number of ether oxygens (including phenoxy) is 1. The van der Waals surface area contributed by atoms with Crippen LogP contribution >= 0.6 is 0 Å². The minimum Gasteiger partial charge on any atom is -0.387 e. The van der Waals surface area contributed by atoms with Gasteiger partial charge in [-0.2, -0.15) is 0 Å². The van der Waals surface area contributed by atoms with Crippen LogP contribution in [-0.4, -0.2) is 78.5 Å². The van der Waals surface area contributed by atoms with Crippen molar-refractivity contribution in [1.82, 2.24) is 14.8 Å². The third-order valence-electron chi connectivity index (χ3n) is 5.82. The number of hydrogen-bond donors (Lipinski definition) is 1. The molecular weight excluding hydrogens is 364 g/mol. The van der Waals surface area contributed by atoms with Gasteiger partial charge in [-0.15, -0.1) is 0 Å². The first-order valence-corrected chi connectivity index (χ1v) is 10.5. The Bertz CT molecular complexity index is 781. The Hall–Kier alpha value is -1.99. The Morgan fingerprint density at radius 3 is 2.72 bits per heavy atom. The summed E-state index contributed by atoms with van der Waals surface area (Å²) < 4.78 is 5.44. The van der Waals surface area contributed by atoms with Gasteiger partial charge in [0.1, 0.15) is 5.82 Å². The van der Waals surface area contributed by atoms with E-state index < -0.39 is 5.60 Å². The van der Waals surface area contributed by atoms with Crippen LogP contribution in [0.25, 0.3) is 0 Å². The largest absolute Gasteiger partial charge is 0.387 e. The van der Waals surface area contributed by atoms with Gasteiger partial charge in [0, 0.05) is 52.0 Å². The Balaban J connectivity index is 1.31. The molecule has 2 aliphatic rings. The second-order valence-electron chi connectivity index (χ2n) is 8.46. The number of likely N-dealkylation sites (N-methyl/N-ethyl adjacent to an activating group) is 1. The van der Waals surface area contributed by atoms with Gasteiger partial charge >= 0.3 is 0 Å². The number of hydrogen-bond acceptors (Lipinski definition) is 6. The van der Waals surface area contributed by atoms with Crippen LogP contribution in [0, 0.1) is 0 Å². The molecule has 2 fully saturated rings. The average molecular weight is 397 g/mol. The lowest BCUT2D eigenvalue weighted by molar-refractivity contribution is 0.0279. The number of β-amino-alcohol motifs (C(OH)–C–C–N with tert-alkyl or cyclic N) is 1. The van der Waals surface area contributed by atoms with Gasteiger partial charge < -0.3 is 14.7 Å². The summed E-state index contributed by atoms with van der Waals surface area (Å²) in [7, 11) is 2.09. The van der Waals surface area contributed by atoms with Crippen LogP contribution in [-0.2, 0) is 17.8 Å². The van der Waals surface area contributed by atoms with E-state index in [1.165, 1.54) is 11.1 Å². The molecule has 0 spiro atoms. The summed E-state index contributed by atoms with van der Waals surface area (Å²) in [6.45, 7) is 7.61. The maximum absolute atomic E-state index is 11.1. The number of pyridine rings is 1. The van der Waals surface area contributed by atoms with Crippen molar-refractivity contribution in [3.05, 3.63) is 59.8 Å². The van der Waals surface area contributed by atoms with Crippen molar-refractivity contribution in [3.8, 4) is 0 Å². The molecule has 1 aromatic heterocycles. The van der Waals surface area contributed by atoms with Crippen LogP contribution in [0.1, 0.15) is 17.5 Å². The van der Waals surface area contributed by atoms with E-state index in [-0.39, 0.29) is 0 Å². The highest BCUT2D eigenvalue weighted by Gasteiger charge is 2.37. The van der Waals surface area contributed by atoms with E-state index in [4.69, 9.17) is 4.74 Å². The molecule has 1 atom stereocenters. The molecule has 2 aromatic rings. The quantitative estimate of drug-likeness (QED) is 0.773. The molecule has 29 heavy (non-hydrogen) atoms. The lowest BCUT2D eigenvalue weighted by Crippen LogP contribution is -2.43. The maximum Gasteiger partial charge on any atom is 0.128 e. The van der Waals surface area contributed by atoms with E-state index in [1.807, 2.05) is 24.4 Å². The SMILES string of the molecule is CN(Cc1cccc(CN2CCOCC2)c1)C[C@@]1(O)CCN(c2ccccn2)C1. The zero-order chi connectivity index (χ0) is 20.1. The molecule has 1 N–H and O–H groups in total. The van der Waals surface area contributed by atoms with Crippen LogP contribution in [0.2, 0.25) is 0 Å². The standard InChI is InChI=1S/C23H32N4O2/c1-25(18-23(28)8-10-27(19-23)22-7-2-3-9-24-22)16-20-5-4-6-21(15-20)17-26-11-13-29-14-12-26/h2-7,9,15,28H,8,10-14,16-19H2,1H3/t23-/m0/s1. The lowest BCUT2D eigenvalue weighted by Gasteiger charge is -2.29. The molecule has 156 valence electrons. The summed E-state index contributed by atoms with van der Waals surface area (Å²) in [6, 6.07) is 14.8. The third-order valence-corrected chi connectivity index (χ3v) is 5.82.